The van der Waals surface area contributed by atoms with Crippen LogP contribution in [0.2, 0.25) is 0 Å². The predicted molar refractivity (Wildman–Crippen MR) is 97.2 cm³/mol. The number of nitrogens with zero attached hydrogens (tertiary/aromatic N) is 1. The van der Waals surface area contributed by atoms with Crippen LogP contribution >= 0.6 is 0 Å². The van der Waals surface area contributed by atoms with E-state index in [1.54, 1.807) is 6.07 Å². The molecule has 2 aromatic carbocycles. The quantitative estimate of drug-likeness (QED) is 0.866. The van der Waals surface area contributed by atoms with Crippen molar-refractivity contribution in [3.8, 4) is 5.75 Å². The van der Waals surface area contributed by atoms with Gasteiger partial charge in [-0.05, 0) is 43.5 Å². The van der Waals surface area contributed by atoms with Gasteiger partial charge < -0.3 is 9.84 Å². The van der Waals surface area contributed by atoms with Crippen LogP contribution in [0.4, 0.5) is 4.39 Å². The van der Waals surface area contributed by atoms with Gasteiger partial charge >= 0.3 is 0 Å². The number of aliphatic hydroxyl groups is 1. The van der Waals surface area contributed by atoms with Gasteiger partial charge in [0, 0.05) is 13.0 Å². The molecule has 4 heteroatoms. The number of likely N-dealkylation sites (tertiary alicyclic amines) is 1. The van der Waals surface area contributed by atoms with Crippen molar-refractivity contribution in [2.75, 3.05) is 13.6 Å². The number of benzene rings is 2. The molecule has 2 unspecified atom stereocenters. The topological polar surface area (TPSA) is 32.7 Å². The summed E-state index contributed by atoms with van der Waals surface area (Å²) in [5.41, 5.74) is 1.44. The van der Waals surface area contributed by atoms with E-state index in [1.807, 2.05) is 43.1 Å². The monoisotopic (exact) mass is 343 g/mol. The Labute approximate surface area is 149 Å². The maximum absolute atomic E-state index is 14.6. The van der Waals surface area contributed by atoms with Crippen LogP contribution < -0.4 is 4.74 Å². The number of rotatable bonds is 6. The summed E-state index contributed by atoms with van der Waals surface area (Å²) in [6.45, 7) is 2.56. The first-order valence-electron chi connectivity index (χ1n) is 8.93. The predicted octanol–water partition coefficient (Wildman–Crippen LogP) is 3.79. The average molecular weight is 343 g/mol. The molecule has 0 saturated carbocycles. The van der Waals surface area contributed by atoms with Crippen molar-refractivity contribution in [3.05, 3.63) is 65.5 Å². The normalized spacial score (nSPS) is 23.8. The first kappa shape index (κ1) is 17.9. The molecule has 0 spiro atoms. The van der Waals surface area contributed by atoms with Gasteiger partial charge in [-0.25, -0.2) is 4.39 Å². The third kappa shape index (κ3) is 3.86. The summed E-state index contributed by atoms with van der Waals surface area (Å²) in [7, 11) is 1.92. The highest BCUT2D eigenvalue weighted by Gasteiger charge is 2.44. The fraction of sp³-hybridized carbons (Fsp3) is 0.429. The Kier molecular flexibility index (Phi) is 5.40. The summed E-state index contributed by atoms with van der Waals surface area (Å²) in [5, 5.41) is 10.0. The van der Waals surface area contributed by atoms with Crippen LogP contribution in [0.25, 0.3) is 0 Å². The molecule has 3 rings (SSSR count). The Morgan fingerprint density at radius 3 is 2.56 bits per heavy atom. The molecule has 1 aliphatic heterocycles. The fourth-order valence-electron chi connectivity index (χ4n) is 3.66. The van der Waals surface area contributed by atoms with Crippen molar-refractivity contribution < 1.29 is 14.2 Å². The van der Waals surface area contributed by atoms with Gasteiger partial charge in [-0.15, -0.1) is 0 Å². The average Bonchev–Trinajstić information content (AvgIpc) is 2.90. The molecule has 1 N–H and O–H groups in total. The van der Waals surface area contributed by atoms with E-state index < -0.39 is 11.8 Å². The highest BCUT2D eigenvalue weighted by Crippen LogP contribution is 2.36. The van der Waals surface area contributed by atoms with Gasteiger partial charge in [-0.1, -0.05) is 49.4 Å². The summed E-state index contributed by atoms with van der Waals surface area (Å²) >= 11 is 0. The van der Waals surface area contributed by atoms with Crippen molar-refractivity contribution in [1.82, 2.24) is 4.90 Å². The lowest BCUT2D eigenvalue weighted by atomic mass is 10.0. The maximum atomic E-state index is 14.6. The number of aryl methyl sites for hydroxylation is 2. The second-order valence-electron chi connectivity index (χ2n) is 6.85. The molecule has 1 fully saturated rings. The van der Waals surface area contributed by atoms with Gasteiger partial charge in [0.25, 0.3) is 0 Å². The zero-order valence-electron chi connectivity index (χ0n) is 14.9. The van der Waals surface area contributed by atoms with Gasteiger partial charge in [0.2, 0.25) is 0 Å². The zero-order chi connectivity index (χ0) is 17.9. The molecule has 0 radical (unpaired) electrons. The molecule has 25 heavy (non-hydrogen) atoms. The molecule has 134 valence electrons. The molecule has 0 amide bonds. The molecule has 2 atom stereocenters. The van der Waals surface area contributed by atoms with Crippen molar-refractivity contribution in [2.45, 2.75) is 44.4 Å². The molecule has 1 aliphatic rings. The van der Waals surface area contributed by atoms with E-state index in [0.29, 0.717) is 31.6 Å². The number of hydrogen-bond donors (Lipinski definition) is 1. The van der Waals surface area contributed by atoms with Gasteiger partial charge in [0.1, 0.15) is 0 Å². The highest BCUT2D eigenvalue weighted by atomic mass is 19.1. The van der Waals surface area contributed by atoms with E-state index in [1.165, 1.54) is 11.6 Å². The van der Waals surface area contributed by atoms with Crippen LogP contribution in [-0.2, 0) is 12.8 Å². The minimum Gasteiger partial charge on any atom is -0.469 e. The Balaban J connectivity index is 1.83. The Hall–Kier alpha value is -1.91. The molecule has 1 heterocycles. The first-order valence-corrected chi connectivity index (χ1v) is 8.93. The first-order chi connectivity index (χ1) is 12.0. The molecular formula is C21H26FNO2. The van der Waals surface area contributed by atoms with E-state index in [2.05, 4.69) is 12.1 Å². The number of β-amino-alcohol motifs (C(OH)–C–C–N with tert-alkyl or cyclic N) is 1. The van der Waals surface area contributed by atoms with Crippen molar-refractivity contribution in [2.24, 2.45) is 0 Å². The SMILES string of the molecule is CCC1(Oc2c(F)cccc2CCc2ccccc2)CC(O)CN1C. The summed E-state index contributed by atoms with van der Waals surface area (Å²) in [6, 6.07) is 15.3. The van der Waals surface area contributed by atoms with Crippen molar-refractivity contribution in [1.29, 1.82) is 0 Å². The second-order valence-corrected chi connectivity index (χ2v) is 6.85. The number of halogens is 1. The van der Waals surface area contributed by atoms with E-state index in [9.17, 15) is 9.50 Å². The lowest BCUT2D eigenvalue weighted by Crippen LogP contribution is -2.46. The maximum Gasteiger partial charge on any atom is 0.165 e. The number of para-hydroxylation sites is 1. The van der Waals surface area contributed by atoms with Gasteiger partial charge in [-0.3, -0.25) is 4.90 Å². The third-order valence-electron chi connectivity index (χ3n) is 5.15. The molecule has 3 nitrogen and oxygen atoms in total. The van der Waals surface area contributed by atoms with Gasteiger partial charge in [0.05, 0.1) is 6.10 Å². The Morgan fingerprint density at radius 2 is 1.92 bits per heavy atom. The Bertz CT molecular complexity index is 706. The van der Waals surface area contributed by atoms with Crippen LogP contribution in [0, 0.1) is 5.82 Å². The summed E-state index contributed by atoms with van der Waals surface area (Å²) in [6.07, 6.45) is 2.28. The summed E-state index contributed by atoms with van der Waals surface area (Å²) < 4.78 is 20.8. The largest absolute Gasteiger partial charge is 0.469 e. The third-order valence-corrected chi connectivity index (χ3v) is 5.15. The van der Waals surface area contributed by atoms with Crippen molar-refractivity contribution >= 4 is 0 Å². The van der Waals surface area contributed by atoms with E-state index in [4.69, 9.17) is 4.74 Å². The fourth-order valence-corrected chi connectivity index (χ4v) is 3.66. The van der Waals surface area contributed by atoms with Gasteiger partial charge in [-0.2, -0.15) is 0 Å². The second kappa shape index (κ2) is 7.54. The lowest BCUT2D eigenvalue weighted by Gasteiger charge is -2.36. The molecule has 1 saturated heterocycles. The van der Waals surface area contributed by atoms with Crippen molar-refractivity contribution in [3.63, 3.8) is 0 Å². The number of ether oxygens (including phenoxy) is 1. The smallest absolute Gasteiger partial charge is 0.165 e. The lowest BCUT2D eigenvalue weighted by molar-refractivity contribution is -0.0496. The van der Waals surface area contributed by atoms with Crippen LogP contribution in [0.3, 0.4) is 0 Å². The van der Waals surface area contributed by atoms with Crippen LogP contribution in [0.15, 0.2) is 48.5 Å². The highest BCUT2D eigenvalue weighted by molar-refractivity contribution is 5.36. The number of hydrogen-bond acceptors (Lipinski definition) is 3. The standard InChI is InChI=1S/C21H26FNO2/c1-3-21(14-18(24)15-23(21)2)25-20-17(10-7-11-19(20)22)13-12-16-8-5-4-6-9-16/h4-11,18,24H,3,12-15H2,1-2H3. The van der Waals surface area contributed by atoms with E-state index in [-0.39, 0.29) is 5.82 Å². The number of likely N-dealkylation sites (N-methyl/N-ethyl adjacent to an activating group) is 1. The molecule has 2 aromatic rings. The Morgan fingerprint density at radius 1 is 1.16 bits per heavy atom. The number of aliphatic hydroxyl groups excluding tert-OH is 1. The zero-order valence-corrected chi connectivity index (χ0v) is 14.9. The van der Waals surface area contributed by atoms with Crippen LogP contribution in [-0.4, -0.2) is 35.4 Å². The van der Waals surface area contributed by atoms with E-state index in [0.717, 1.165) is 12.0 Å². The minimum atomic E-state index is -0.650. The van der Waals surface area contributed by atoms with E-state index >= 15 is 0 Å². The molecule has 0 aromatic heterocycles. The molecule has 0 aliphatic carbocycles. The van der Waals surface area contributed by atoms with Gasteiger partial charge in [0.15, 0.2) is 17.3 Å². The molecular weight excluding hydrogens is 317 g/mol. The summed E-state index contributed by atoms with van der Waals surface area (Å²) in [4.78, 5) is 1.99. The molecule has 0 bridgehead atoms. The minimum absolute atomic E-state index is 0.321. The summed E-state index contributed by atoms with van der Waals surface area (Å²) in [5.74, 6) is -0.0191. The van der Waals surface area contributed by atoms with Crippen LogP contribution in [0.1, 0.15) is 30.9 Å². The van der Waals surface area contributed by atoms with Crippen LogP contribution in [0.5, 0.6) is 5.75 Å².